The Kier molecular flexibility index (Phi) is 15.6. The SMILES string of the molecule is CCCCCCCCCCCCCOS(=O)(=O)OOCCC. The van der Waals surface area contributed by atoms with Gasteiger partial charge in [0, 0.05) is 0 Å². The van der Waals surface area contributed by atoms with Crippen LogP contribution in [-0.2, 0) is 23.8 Å². The number of rotatable bonds is 17. The fraction of sp³-hybridized carbons (Fsp3) is 1.00. The molecule has 0 N–H and O–H groups in total. The molecule has 0 spiro atoms. The van der Waals surface area contributed by atoms with Crippen molar-refractivity contribution in [1.82, 2.24) is 0 Å². The minimum absolute atomic E-state index is 0.162. The van der Waals surface area contributed by atoms with E-state index in [0.29, 0.717) is 6.42 Å². The number of hydrogen-bond donors (Lipinski definition) is 0. The van der Waals surface area contributed by atoms with E-state index in [2.05, 4.69) is 20.3 Å². The van der Waals surface area contributed by atoms with Gasteiger partial charge in [-0.25, -0.2) is 9.07 Å². The predicted octanol–water partition coefficient (Wildman–Crippen LogP) is 4.92. The van der Waals surface area contributed by atoms with E-state index in [1.807, 2.05) is 6.92 Å². The number of hydrogen-bond acceptors (Lipinski definition) is 5. The maximum atomic E-state index is 11.2. The summed E-state index contributed by atoms with van der Waals surface area (Å²) in [5.41, 5.74) is 0. The van der Waals surface area contributed by atoms with Gasteiger partial charge in [-0.15, -0.1) is 0 Å². The Balaban J connectivity index is 3.26. The zero-order valence-electron chi connectivity index (χ0n) is 14.3. The first-order valence-corrected chi connectivity index (χ1v) is 10.2. The van der Waals surface area contributed by atoms with Crippen molar-refractivity contribution in [1.29, 1.82) is 0 Å². The van der Waals surface area contributed by atoms with E-state index in [9.17, 15) is 8.42 Å². The quantitative estimate of drug-likeness (QED) is 0.214. The number of unbranched alkanes of at least 4 members (excludes halogenated alkanes) is 10. The Morgan fingerprint density at radius 3 is 1.64 bits per heavy atom. The van der Waals surface area contributed by atoms with Gasteiger partial charge in [0.1, 0.15) is 0 Å². The zero-order valence-corrected chi connectivity index (χ0v) is 15.2. The van der Waals surface area contributed by atoms with Gasteiger partial charge in [-0.2, -0.15) is 8.42 Å². The standard InChI is InChI=1S/C16H34O5S/c1-3-5-6-7-8-9-10-11-12-13-14-16-20-22(17,18)21-19-15-4-2/h3-16H2,1-2H3. The van der Waals surface area contributed by atoms with Crippen molar-refractivity contribution in [3.8, 4) is 0 Å². The zero-order chi connectivity index (χ0) is 16.5. The van der Waals surface area contributed by atoms with Crippen molar-refractivity contribution < 1.29 is 21.8 Å². The average molecular weight is 339 g/mol. The summed E-state index contributed by atoms with van der Waals surface area (Å²) >= 11 is 0. The molecule has 0 aromatic carbocycles. The summed E-state index contributed by atoms with van der Waals surface area (Å²) in [5.74, 6) is 0. The van der Waals surface area contributed by atoms with Crippen LogP contribution in [0.25, 0.3) is 0 Å². The van der Waals surface area contributed by atoms with Gasteiger partial charge >= 0.3 is 10.4 Å². The van der Waals surface area contributed by atoms with Crippen LogP contribution in [0.5, 0.6) is 0 Å². The smallest absolute Gasteiger partial charge is 0.246 e. The molecule has 0 aliphatic carbocycles. The van der Waals surface area contributed by atoms with Gasteiger partial charge < -0.3 is 0 Å². The third-order valence-corrected chi connectivity index (χ3v) is 4.11. The molecule has 0 radical (unpaired) electrons. The summed E-state index contributed by atoms with van der Waals surface area (Å²) in [6.45, 7) is 4.50. The molecule has 0 fully saturated rings. The third-order valence-electron chi connectivity index (χ3n) is 3.39. The highest BCUT2D eigenvalue weighted by atomic mass is 32.3. The van der Waals surface area contributed by atoms with Crippen LogP contribution in [0.2, 0.25) is 0 Å². The second-order valence-corrected chi connectivity index (χ2v) is 6.84. The molecule has 6 heteroatoms. The lowest BCUT2D eigenvalue weighted by molar-refractivity contribution is -0.209. The van der Waals surface area contributed by atoms with Crippen LogP contribution in [0.1, 0.15) is 90.9 Å². The van der Waals surface area contributed by atoms with Crippen molar-refractivity contribution in [3.63, 3.8) is 0 Å². The van der Waals surface area contributed by atoms with Gasteiger partial charge in [-0.05, 0) is 12.8 Å². The Bertz CT molecular complexity index is 316. The lowest BCUT2D eigenvalue weighted by Gasteiger charge is -2.05. The molecule has 0 aliphatic heterocycles. The van der Waals surface area contributed by atoms with Gasteiger partial charge in [0.2, 0.25) is 0 Å². The molecule has 0 aliphatic rings. The molecule has 0 unspecified atom stereocenters. The van der Waals surface area contributed by atoms with E-state index < -0.39 is 10.4 Å². The molecule has 0 aromatic heterocycles. The van der Waals surface area contributed by atoms with Crippen LogP contribution in [0.4, 0.5) is 0 Å². The van der Waals surface area contributed by atoms with E-state index in [1.165, 1.54) is 51.4 Å². The van der Waals surface area contributed by atoms with Crippen molar-refractivity contribution in [3.05, 3.63) is 0 Å². The Morgan fingerprint density at radius 1 is 0.636 bits per heavy atom. The van der Waals surface area contributed by atoms with Crippen LogP contribution >= 0.6 is 0 Å². The Hall–Kier alpha value is -0.170. The largest absolute Gasteiger partial charge is 0.426 e. The summed E-state index contributed by atoms with van der Waals surface area (Å²) in [4.78, 5) is 4.49. The van der Waals surface area contributed by atoms with Crippen molar-refractivity contribution >= 4 is 10.4 Å². The van der Waals surface area contributed by atoms with Gasteiger partial charge in [0.05, 0.1) is 13.2 Å². The molecule has 134 valence electrons. The van der Waals surface area contributed by atoms with Gasteiger partial charge in [-0.3, -0.25) is 0 Å². The maximum Gasteiger partial charge on any atom is 0.426 e. The van der Waals surface area contributed by atoms with Crippen LogP contribution in [0.3, 0.4) is 0 Å². The summed E-state index contributed by atoms with van der Waals surface area (Å²) in [6.07, 6.45) is 14.1. The highest BCUT2D eigenvalue weighted by Crippen LogP contribution is 2.11. The van der Waals surface area contributed by atoms with Crippen LogP contribution in [0, 0.1) is 0 Å². The predicted molar refractivity (Wildman–Crippen MR) is 88.7 cm³/mol. The molecule has 0 atom stereocenters. The normalized spacial score (nSPS) is 11.9. The molecule has 0 aromatic rings. The minimum Gasteiger partial charge on any atom is -0.246 e. The van der Waals surface area contributed by atoms with E-state index in [1.54, 1.807) is 0 Å². The molecule has 0 saturated carbocycles. The third kappa shape index (κ3) is 16.2. The van der Waals surface area contributed by atoms with Crippen LogP contribution < -0.4 is 0 Å². The second kappa shape index (κ2) is 15.7. The van der Waals surface area contributed by atoms with E-state index in [0.717, 1.165) is 19.3 Å². The Labute approximate surface area is 137 Å². The van der Waals surface area contributed by atoms with Crippen LogP contribution in [-0.4, -0.2) is 21.6 Å². The maximum absolute atomic E-state index is 11.2. The molecular formula is C16H34O5S. The lowest BCUT2D eigenvalue weighted by atomic mass is 10.1. The summed E-state index contributed by atoms with van der Waals surface area (Å²) in [6, 6.07) is 0. The summed E-state index contributed by atoms with van der Waals surface area (Å²) in [5, 5.41) is 0. The topological polar surface area (TPSA) is 61.8 Å². The fourth-order valence-corrected chi connectivity index (χ4v) is 2.67. The minimum atomic E-state index is -3.99. The molecule has 0 heterocycles. The fourth-order valence-electron chi connectivity index (χ4n) is 2.12. The molecule has 0 saturated heterocycles. The molecule has 0 bridgehead atoms. The molecule has 5 nitrogen and oxygen atoms in total. The Morgan fingerprint density at radius 2 is 1.14 bits per heavy atom. The first kappa shape index (κ1) is 21.8. The van der Waals surface area contributed by atoms with Crippen molar-refractivity contribution in [2.45, 2.75) is 90.9 Å². The van der Waals surface area contributed by atoms with Gasteiger partial charge in [0.25, 0.3) is 0 Å². The first-order chi connectivity index (χ1) is 10.6. The van der Waals surface area contributed by atoms with E-state index >= 15 is 0 Å². The summed E-state index contributed by atoms with van der Waals surface area (Å²) < 4.78 is 31.3. The van der Waals surface area contributed by atoms with Crippen molar-refractivity contribution in [2.75, 3.05) is 13.2 Å². The van der Waals surface area contributed by atoms with E-state index in [-0.39, 0.29) is 13.2 Å². The molecule has 0 rings (SSSR count). The lowest BCUT2D eigenvalue weighted by Crippen LogP contribution is -2.12. The van der Waals surface area contributed by atoms with Gasteiger partial charge in [-0.1, -0.05) is 82.4 Å². The highest BCUT2D eigenvalue weighted by Gasteiger charge is 2.12. The van der Waals surface area contributed by atoms with E-state index in [4.69, 9.17) is 0 Å². The second-order valence-electron chi connectivity index (χ2n) is 5.66. The monoisotopic (exact) mass is 338 g/mol. The first-order valence-electron chi connectivity index (χ1n) is 8.82. The highest BCUT2D eigenvalue weighted by molar-refractivity contribution is 7.81. The summed E-state index contributed by atoms with van der Waals surface area (Å²) in [7, 11) is -3.99. The average Bonchev–Trinajstić information content (AvgIpc) is 2.48. The van der Waals surface area contributed by atoms with Gasteiger partial charge in [0.15, 0.2) is 0 Å². The van der Waals surface area contributed by atoms with Crippen LogP contribution in [0.15, 0.2) is 0 Å². The molecule has 0 amide bonds. The molecule has 22 heavy (non-hydrogen) atoms. The van der Waals surface area contributed by atoms with Crippen molar-refractivity contribution in [2.24, 2.45) is 0 Å². The molecular weight excluding hydrogens is 304 g/mol.